The number of aliphatic hydroxyl groups is 4. The Labute approximate surface area is 368 Å². The van der Waals surface area contributed by atoms with E-state index in [4.69, 9.17) is 65.2 Å². The van der Waals surface area contributed by atoms with Gasteiger partial charge in [0.2, 0.25) is 4.86 Å². The van der Waals surface area contributed by atoms with Crippen LogP contribution in [-0.2, 0) is 59.9 Å². The molecule has 26 nitrogen and oxygen atoms in total. The molecule has 340 valence electrons. The third-order valence-electron chi connectivity index (χ3n) is 8.57. The zero-order valence-corrected chi connectivity index (χ0v) is 38.9. The third kappa shape index (κ3) is 11.0. The maximum Gasteiger partial charge on any atom is 0.365 e. The average molecular weight is 1040 g/mol. The quantitative estimate of drug-likeness (QED) is 0.0272. The van der Waals surface area contributed by atoms with Crippen LogP contribution < -0.4 is 11.5 Å². The van der Waals surface area contributed by atoms with Crippen LogP contribution >= 0.6 is 63.8 Å². The second-order valence-electron chi connectivity index (χ2n) is 12.9. The van der Waals surface area contributed by atoms with Gasteiger partial charge in [0.25, 0.3) is 0 Å². The summed E-state index contributed by atoms with van der Waals surface area (Å²) in [5.74, 6) is 1.41. The van der Waals surface area contributed by atoms with Crippen LogP contribution in [0.2, 0.25) is 0 Å². The van der Waals surface area contributed by atoms with Crippen LogP contribution in [0.4, 0.5) is 11.6 Å². The summed E-state index contributed by atoms with van der Waals surface area (Å²) in [5, 5.41) is 43.7. The van der Waals surface area contributed by atoms with Gasteiger partial charge in [-0.1, -0.05) is 49.0 Å². The molecule has 0 aliphatic carbocycles. The van der Waals surface area contributed by atoms with E-state index in [2.05, 4.69) is 38.5 Å². The normalized spacial score (nSPS) is 29.0. The molecule has 2 aliphatic heterocycles. The van der Waals surface area contributed by atoms with E-state index in [1.807, 2.05) is 13.8 Å². The van der Waals surface area contributed by atoms with Gasteiger partial charge in [0.05, 0.1) is 25.9 Å². The highest BCUT2D eigenvalue weighted by atomic mass is 35.5. The third-order valence-corrected chi connectivity index (χ3v) is 21.0. The maximum atomic E-state index is 13.1. The number of thioether (sulfide) groups is 2. The highest BCUT2D eigenvalue weighted by molar-refractivity contribution is 8.09. The van der Waals surface area contributed by atoms with Crippen molar-refractivity contribution in [1.82, 2.24) is 39.0 Å². The topological polar surface area (TPSA) is 391 Å². The molecule has 0 aromatic carbocycles. The molecule has 0 bridgehead atoms. The predicted octanol–water partition coefficient (Wildman–Crippen LogP) is 1.08. The first-order valence-electron chi connectivity index (χ1n) is 17.4. The van der Waals surface area contributed by atoms with Gasteiger partial charge in [-0.3, -0.25) is 18.3 Å². The Hall–Kier alpha value is -1.11. The van der Waals surface area contributed by atoms with E-state index < -0.39 is 95.8 Å². The van der Waals surface area contributed by atoms with Crippen molar-refractivity contribution < 1.29 is 76.3 Å². The number of nitrogen functional groups attached to an aromatic ring is 2. The fourth-order valence-electron chi connectivity index (χ4n) is 5.79. The number of ether oxygens (including phenoxy) is 2. The number of halogens is 1. The lowest BCUT2D eigenvalue weighted by atomic mass is 10.1. The van der Waals surface area contributed by atoms with Crippen molar-refractivity contribution in [2.24, 2.45) is 0 Å². The number of nitrogens with zero attached hydrogens (tertiary/aromatic N) is 8. The van der Waals surface area contributed by atoms with Gasteiger partial charge >= 0.3 is 28.6 Å². The molecule has 61 heavy (non-hydrogen) atoms. The summed E-state index contributed by atoms with van der Waals surface area (Å²) in [6.45, 7) is -7.71. The van der Waals surface area contributed by atoms with Crippen LogP contribution in [-0.4, -0.2) is 145 Å². The summed E-state index contributed by atoms with van der Waals surface area (Å²) in [7, 11) is -11.5. The van der Waals surface area contributed by atoms with Crippen LogP contribution in [0.3, 0.4) is 0 Å². The van der Waals surface area contributed by atoms with Crippen molar-refractivity contribution in [1.29, 1.82) is 0 Å². The molecule has 2 fully saturated rings. The number of fused-ring (bicyclic) bond motifs is 2. The number of hydrogen-bond acceptors (Lipinski definition) is 24. The molecule has 0 radical (unpaired) electrons. The molecule has 4 aromatic heterocycles. The number of hydrogen-bond donors (Lipinski definition) is 10. The van der Waals surface area contributed by atoms with Crippen molar-refractivity contribution in [3.63, 3.8) is 0 Å². The van der Waals surface area contributed by atoms with Crippen LogP contribution in [0.15, 0.2) is 23.0 Å². The highest BCUT2D eigenvalue weighted by Crippen LogP contribution is 2.76. The molecule has 12 N–H and O–H groups in total. The minimum Gasteiger partial charge on any atom is -0.387 e. The average Bonchev–Trinajstić information content (AvgIpc) is 3.93. The molecule has 0 amide bonds. The van der Waals surface area contributed by atoms with Gasteiger partial charge in [0.1, 0.15) is 47.7 Å². The molecule has 0 saturated carbocycles. The fourth-order valence-corrected chi connectivity index (χ4v) is 16.1. The van der Waals surface area contributed by atoms with Crippen molar-refractivity contribution in [3.05, 3.63) is 12.7 Å². The molecule has 2 saturated heterocycles. The first-order chi connectivity index (χ1) is 28.5. The molecule has 4 aromatic rings. The lowest BCUT2D eigenvalue weighted by Gasteiger charge is -2.27. The second-order valence-corrected chi connectivity index (χ2v) is 26.4. The van der Waals surface area contributed by atoms with Gasteiger partial charge in [-0.25, -0.2) is 38.5 Å². The Morgan fingerprint density at radius 2 is 1.16 bits per heavy atom. The Morgan fingerprint density at radius 1 is 0.754 bits per heavy atom. The first kappa shape index (κ1) is 49.3. The van der Waals surface area contributed by atoms with Crippen LogP contribution in [0, 0.1) is 0 Å². The van der Waals surface area contributed by atoms with Gasteiger partial charge < -0.3 is 70.0 Å². The highest BCUT2D eigenvalue weighted by Gasteiger charge is 2.53. The zero-order valence-electron chi connectivity index (χ0n) is 31.3. The smallest absolute Gasteiger partial charge is 0.365 e. The standard InChI is InChI=1S/C26H39ClN10O16P4S4/c1-3-5-61-26-33-19(29)13-21(35-26)37(9-31-13)23-17(41)15(39)11(51-23)7-49-57(47,59)53-55(44,45)24(27)54(42,43)52-56(46,58)48-6-10-14(38)16(40)22(50-10)36-8-30-12-18(28)32-25(60-4-2)34-20(12)36/h8-11,14-17,22-24,38-41H,3-7H2,1-2H3,(H,42,43)(H,44,45)(H,46,58)(H,47,59)(H2,28,32,34)(H2,29,33,35)/t10-,11-,14-,15-,16-,17-,22-,23-,24?,56?,57?/m1/s1. The number of aliphatic hydroxyl groups excluding tert-OH is 4. The van der Waals surface area contributed by atoms with Crippen molar-refractivity contribution in [3.8, 4) is 0 Å². The number of alkyl halides is 1. The summed E-state index contributed by atoms with van der Waals surface area (Å²) >= 11 is 18.0. The SMILES string of the molecule is CCCSc1nc(N)c2ncn([C@@H]3O[C@H](COP(O)(=S)OP(=O)(O)C(Cl)P(=O)(O)OP(O)(=S)OC[C@H]4O[C@@H](n5cnc6c(N)nc(SCC)nc65)[C@H](O)[C@@H]4O)[C@@H](O)[C@H]3O)c2n1. The van der Waals surface area contributed by atoms with Crippen LogP contribution in [0.25, 0.3) is 22.3 Å². The maximum absolute atomic E-state index is 13.1. The molecule has 0 spiro atoms. The van der Waals surface area contributed by atoms with Gasteiger partial charge in [-0.15, -0.1) is 0 Å². The Bertz CT molecular complexity index is 2450. The molecule has 35 heteroatoms. The molecule has 6 rings (SSSR count). The van der Waals surface area contributed by atoms with E-state index in [1.165, 1.54) is 45.3 Å². The Balaban J connectivity index is 1.05. The van der Waals surface area contributed by atoms with E-state index >= 15 is 0 Å². The number of anilines is 2. The molecular formula is C26H39ClN10O16P4S4. The molecule has 5 unspecified atom stereocenters. The summed E-state index contributed by atoms with van der Waals surface area (Å²) in [6, 6.07) is 0. The largest absolute Gasteiger partial charge is 0.387 e. The molecule has 6 heterocycles. The van der Waals surface area contributed by atoms with Gasteiger partial charge in [0, 0.05) is 5.75 Å². The minimum atomic E-state index is -5.74. The first-order valence-corrected chi connectivity index (χ1v) is 28.3. The van der Waals surface area contributed by atoms with Crippen LogP contribution in [0.1, 0.15) is 32.7 Å². The summed E-state index contributed by atoms with van der Waals surface area (Å²) in [6.07, 6.45) is -8.95. The lowest BCUT2D eigenvalue weighted by molar-refractivity contribution is -0.0486. The van der Waals surface area contributed by atoms with Gasteiger partial charge in [-0.05, 0) is 35.8 Å². The molecular weight excluding hydrogens is 996 g/mol. The predicted molar refractivity (Wildman–Crippen MR) is 225 cm³/mol. The fraction of sp³-hybridized carbons (Fsp3) is 0.615. The van der Waals surface area contributed by atoms with E-state index in [0.29, 0.717) is 21.8 Å². The monoisotopic (exact) mass is 1030 g/mol. The van der Waals surface area contributed by atoms with Gasteiger partial charge in [-0.2, -0.15) is 0 Å². The van der Waals surface area contributed by atoms with Crippen molar-refractivity contribution in [2.75, 3.05) is 36.2 Å². The second kappa shape index (κ2) is 19.4. The van der Waals surface area contributed by atoms with E-state index in [-0.39, 0.29) is 34.0 Å². The number of imidazole rings is 2. The van der Waals surface area contributed by atoms with E-state index in [1.54, 1.807) is 0 Å². The number of nitrogens with two attached hydrogens (primary N) is 2. The van der Waals surface area contributed by atoms with Crippen molar-refractivity contribution in [2.45, 2.75) is 84.5 Å². The Kier molecular flexibility index (Phi) is 15.7. The summed E-state index contributed by atoms with van der Waals surface area (Å²) in [5.41, 5.74) is 12.7. The molecule has 13 atom stereocenters. The zero-order chi connectivity index (χ0) is 44.8. The van der Waals surface area contributed by atoms with E-state index in [9.17, 15) is 49.1 Å². The van der Waals surface area contributed by atoms with Gasteiger partial charge in [0.15, 0.2) is 45.7 Å². The Morgan fingerprint density at radius 3 is 1.56 bits per heavy atom. The number of aromatic nitrogens is 8. The van der Waals surface area contributed by atoms with Crippen molar-refractivity contribution >= 4 is 121 Å². The molecule has 2 aliphatic rings. The number of rotatable bonds is 19. The van der Waals surface area contributed by atoms with E-state index in [0.717, 1.165) is 6.42 Å². The van der Waals surface area contributed by atoms with Crippen LogP contribution in [0.5, 0.6) is 0 Å². The summed E-state index contributed by atoms with van der Waals surface area (Å²) in [4.78, 5) is 64.8. The minimum absolute atomic E-state index is 0.0496. The summed E-state index contributed by atoms with van der Waals surface area (Å²) < 4.78 is 59.6. The lowest BCUT2D eigenvalue weighted by Crippen LogP contribution is -2.33.